The summed E-state index contributed by atoms with van der Waals surface area (Å²) in [6.07, 6.45) is 7.32. The van der Waals surface area contributed by atoms with E-state index >= 15 is 0 Å². The molecule has 18 heavy (non-hydrogen) atoms. The van der Waals surface area contributed by atoms with Crippen molar-refractivity contribution in [3.05, 3.63) is 35.9 Å². The predicted molar refractivity (Wildman–Crippen MR) is 72.5 cm³/mol. The summed E-state index contributed by atoms with van der Waals surface area (Å²) in [5.74, 6) is 0.582. The zero-order valence-corrected chi connectivity index (χ0v) is 11.1. The quantitative estimate of drug-likeness (QED) is 0.728. The lowest BCUT2D eigenvalue weighted by atomic mass is 9.98. The van der Waals surface area contributed by atoms with Crippen LogP contribution in [0.3, 0.4) is 0 Å². The Balaban J connectivity index is 1.87. The molecule has 1 fully saturated rings. The fourth-order valence-corrected chi connectivity index (χ4v) is 2.71. The molecule has 2 rings (SSSR count). The van der Waals surface area contributed by atoms with Gasteiger partial charge in [-0.25, -0.2) is 4.79 Å². The summed E-state index contributed by atoms with van der Waals surface area (Å²) in [6, 6.07) is 9.27. The van der Waals surface area contributed by atoms with Crippen molar-refractivity contribution in [1.29, 1.82) is 0 Å². The number of hydrogen-bond acceptors (Lipinski definition) is 2. The highest BCUT2D eigenvalue weighted by Gasteiger charge is 2.22. The molecule has 2 heteroatoms. The van der Waals surface area contributed by atoms with Crippen molar-refractivity contribution in [2.75, 3.05) is 0 Å². The van der Waals surface area contributed by atoms with E-state index in [0.717, 1.165) is 18.8 Å². The van der Waals surface area contributed by atoms with Gasteiger partial charge >= 0.3 is 5.97 Å². The first kappa shape index (κ1) is 13.1. The average Bonchev–Trinajstić information content (AvgIpc) is 2.91. The Hall–Kier alpha value is -1.31. The molecule has 1 aromatic carbocycles. The summed E-state index contributed by atoms with van der Waals surface area (Å²) in [6.45, 7) is 2.10. The molecule has 0 spiro atoms. The Morgan fingerprint density at radius 2 is 1.94 bits per heavy atom. The number of carbonyl (C=O) groups excluding carboxylic acids is 1. The monoisotopic (exact) mass is 246 g/mol. The van der Waals surface area contributed by atoms with Crippen molar-refractivity contribution in [2.24, 2.45) is 5.92 Å². The number of rotatable bonds is 5. The molecule has 0 amide bonds. The van der Waals surface area contributed by atoms with E-state index in [-0.39, 0.29) is 12.1 Å². The van der Waals surface area contributed by atoms with Crippen LogP contribution in [0.2, 0.25) is 0 Å². The van der Waals surface area contributed by atoms with Crippen molar-refractivity contribution < 1.29 is 9.53 Å². The van der Waals surface area contributed by atoms with Crippen molar-refractivity contribution >= 4 is 5.97 Å². The summed E-state index contributed by atoms with van der Waals surface area (Å²) < 4.78 is 5.61. The molecular weight excluding hydrogens is 224 g/mol. The van der Waals surface area contributed by atoms with Crippen LogP contribution in [0, 0.1) is 5.92 Å². The zero-order chi connectivity index (χ0) is 12.8. The van der Waals surface area contributed by atoms with Gasteiger partial charge in [-0.2, -0.15) is 0 Å². The van der Waals surface area contributed by atoms with Crippen LogP contribution < -0.4 is 0 Å². The molecular formula is C16H22O2. The van der Waals surface area contributed by atoms with Gasteiger partial charge in [-0.1, -0.05) is 50.8 Å². The summed E-state index contributed by atoms with van der Waals surface area (Å²) in [5.41, 5.74) is 0.655. The maximum absolute atomic E-state index is 12.0. The van der Waals surface area contributed by atoms with E-state index in [9.17, 15) is 4.79 Å². The van der Waals surface area contributed by atoms with Gasteiger partial charge in [-0.05, 0) is 30.9 Å². The highest BCUT2D eigenvalue weighted by molar-refractivity contribution is 5.89. The van der Waals surface area contributed by atoms with Crippen LogP contribution in [-0.2, 0) is 4.74 Å². The normalized spacial score (nSPS) is 17.6. The van der Waals surface area contributed by atoms with E-state index in [4.69, 9.17) is 4.74 Å². The Morgan fingerprint density at radius 1 is 1.28 bits per heavy atom. The lowest BCUT2D eigenvalue weighted by Gasteiger charge is -2.19. The minimum Gasteiger partial charge on any atom is -0.459 e. The van der Waals surface area contributed by atoms with E-state index in [1.54, 1.807) is 0 Å². The van der Waals surface area contributed by atoms with Crippen LogP contribution in [0.1, 0.15) is 55.8 Å². The molecule has 0 heterocycles. The predicted octanol–water partition coefficient (Wildman–Crippen LogP) is 4.20. The standard InChI is InChI=1S/C16H22O2/c1-2-15(12-13-8-6-7-9-13)18-16(17)14-10-4-3-5-11-14/h3-5,10-11,13,15H,2,6-9,12H2,1H3/t15-/m0/s1. The molecule has 98 valence electrons. The van der Waals surface area contributed by atoms with E-state index in [0.29, 0.717) is 5.56 Å². The van der Waals surface area contributed by atoms with Crippen molar-refractivity contribution in [1.82, 2.24) is 0 Å². The average molecular weight is 246 g/mol. The van der Waals surface area contributed by atoms with Crippen molar-refractivity contribution in [3.8, 4) is 0 Å². The van der Waals surface area contributed by atoms with Crippen LogP contribution >= 0.6 is 0 Å². The first-order valence-corrected chi connectivity index (χ1v) is 7.05. The fourth-order valence-electron chi connectivity index (χ4n) is 2.71. The topological polar surface area (TPSA) is 26.3 Å². The Labute approximate surface area is 109 Å². The molecule has 0 bridgehead atoms. The highest BCUT2D eigenvalue weighted by atomic mass is 16.5. The Morgan fingerprint density at radius 3 is 2.56 bits per heavy atom. The number of esters is 1. The molecule has 2 nitrogen and oxygen atoms in total. The lowest BCUT2D eigenvalue weighted by molar-refractivity contribution is 0.0234. The third-order valence-electron chi connectivity index (χ3n) is 3.81. The van der Waals surface area contributed by atoms with Crippen LogP contribution in [0.5, 0.6) is 0 Å². The SMILES string of the molecule is CC[C@@H](CC1CCCC1)OC(=O)c1ccccc1. The molecule has 0 N–H and O–H groups in total. The minimum absolute atomic E-state index is 0.0841. The molecule has 0 aliphatic heterocycles. The number of carbonyl (C=O) groups is 1. The maximum Gasteiger partial charge on any atom is 0.338 e. The second-order valence-corrected chi connectivity index (χ2v) is 5.19. The van der Waals surface area contributed by atoms with Gasteiger partial charge in [-0.15, -0.1) is 0 Å². The van der Waals surface area contributed by atoms with E-state index in [1.807, 2.05) is 30.3 Å². The van der Waals surface area contributed by atoms with Gasteiger partial charge in [0.05, 0.1) is 5.56 Å². The molecule has 0 radical (unpaired) electrons. The largest absolute Gasteiger partial charge is 0.459 e. The van der Waals surface area contributed by atoms with Gasteiger partial charge < -0.3 is 4.74 Å². The van der Waals surface area contributed by atoms with Gasteiger partial charge in [0.1, 0.15) is 6.10 Å². The van der Waals surface area contributed by atoms with E-state index in [1.165, 1.54) is 25.7 Å². The number of benzene rings is 1. The molecule has 1 saturated carbocycles. The summed E-state index contributed by atoms with van der Waals surface area (Å²) in [5, 5.41) is 0. The third kappa shape index (κ3) is 3.59. The Kier molecular flexibility index (Phi) is 4.80. The number of hydrogen-bond donors (Lipinski definition) is 0. The molecule has 1 aromatic rings. The summed E-state index contributed by atoms with van der Waals surface area (Å²) in [4.78, 5) is 12.0. The molecule has 1 aliphatic rings. The lowest BCUT2D eigenvalue weighted by Crippen LogP contribution is -2.20. The Bertz CT molecular complexity index is 366. The summed E-state index contributed by atoms with van der Waals surface area (Å²) >= 11 is 0. The molecule has 0 aromatic heterocycles. The van der Waals surface area contributed by atoms with E-state index in [2.05, 4.69) is 6.92 Å². The number of ether oxygens (including phenoxy) is 1. The smallest absolute Gasteiger partial charge is 0.338 e. The van der Waals surface area contributed by atoms with Gasteiger partial charge in [0.25, 0.3) is 0 Å². The van der Waals surface area contributed by atoms with Crippen LogP contribution in [0.25, 0.3) is 0 Å². The second-order valence-electron chi connectivity index (χ2n) is 5.19. The van der Waals surface area contributed by atoms with Crippen LogP contribution in [0.4, 0.5) is 0 Å². The van der Waals surface area contributed by atoms with Gasteiger partial charge in [0.15, 0.2) is 0 Å². The van der Waals surface area contributed by atoms with Crippen LogP contribution in [-0.4, -0.2) is 12.1 Å². The highest BCUT2D eigenvalue weighted by Crippen LogP contribution is 2.30. The second kappa shape index (κ2) is 6.58. The first-order chi connectivity index (χ1) is 8.79. The molecule has 1 aliphatic carbocycles. The van der Waals surface area contributed by atoms with Gasteiger partial charge in [0, 0.05) is 0 Å². The van der Waals surface area contributed by atoms with Crippen molar-refractivity contribution in [2.45, 2.75) is 51.6 Å². The molecule has 0 unspecified atom stereocenters. The summed E-state index contributed by atoms with van der Waals surface area (Å²) in [7, 11) is 0. The molecule has 0 saturated heterocycles. The van der Waals surface area contributed by atoms with Gasteiger partial charge in [0.2, 0.25) is 0 Å². The zero-order valence-electron chi connectivity index (χ0n) is 11.1. The maximum atomic E-state index is 12.0. The van der Waals surface area contributed by atoms with Crippen LogP contribution in [0.15, 0.2) is 30.3 Å². The van der Waals surface area contributed by atoms with E-state index < -0.39 is 0 Å². The third-order valence-corrected chi connectivity index (χ3v) is 3.81. The first-order valence-electron chi connectivity index (χ1n) is 7.05. The molecule has 1 atom stereocenters. The van der Waals surface area contributed by atoms with Gasteiger partial charge in [-0.3, -0.25) is 0 Å². The minimum atomic E-state index is -0.180. The van der Waals surface area contributed by atoms with Crippen molar-refractivity contribution in [3.63, 3.8) is 0 Å². The fraction of sp³-hybridized carbons (Fsp3) is 0.562.